The molecule has 1 unspecified atom stereocenters. The fourth-order valence-corrected chi connectivity index (χ4v) is 4.32. The van der Waals surface area contributed by atoms with E-state index in [9.17, 15) is 4.79 Å². The van der Waals surface area contributed by atoms with E-state index in [1.54, 1.807) is 0 Å². The first-order valence-corrected chi connectivity index (χ1v) is 8.08. The minimum atomic E-state index is 0.0629. The molecule has 4 rings (SSSR count). The highest BCUT2D eigenvalue weighted by Crippen LogP contribution is 2.49. The fourth-order valence-electron chi connectivity index (χ4n) is 4.32. The predicted octanol–water partition coefficient (Wildman–Crippen LogP) is 2.62. The van der Waals surface area contributed by atoms with Gasteiger partial charge in [0.05, 0.1) is 12.1 Å². The number of carbonyl (C=O) groups is 1. The molecule has 2 fully saturated rings. The van der Waals surface area contributed by atoms with Gasteiger partial charge in [-0.15, -0.1) is 0 Å². The highest BCUT2D eigenvalue weighted by Gasteiger charge is 2.41. The molecule has 1 N–H and O–H groups in total. The summed E-state index contributed by atoms with van der Waals surface area (Å²) in [5.41, 5.74) is 2.96. The Bertz CT molecular complexity index is 508. The Kier molecular flexibility index (Phi) is 2.86. The van der Waals surface area contributed by atoms with Gasteiger partial charge in [-0.3, -0.25) is 9.89 Å². The number of hydrogen-bond acceptors (Lipinski definition) is 2. The average Bonchev–Trinajstić information content (AvgIpc) is 2.93. The van der Waals surface area contributed by atoms with Crippen molar-refractivity contribution in [1.29, 1.82) is 0 Å². The van der Waals surface area contributed by atoms with E-state index in [1.165, 1.54) is 37.8 Å². The number of likely N-dealkylation sites (tertiary alicyclic amines) is 1. The van der Waals surface area contributed by atoms with Gasteiger partial charge < -0.3 is 4.90 Å². The quantitative estimate of drug-likeness (QED) is 0.855. The molecule has 0 bridgehead atoms. The zero-order valence-electron chi connectivity index (χ0n) is 12.0. The Labute approximate surface area is 119 Å². The number of nitrogens with one attached hydrogen (secondary N) is 1. The predicted molar refractivity (Wildman–Crippen MR) is 76.4 cm³/mol. The van der Waals surface area contributed by atoms with Crippen molar-refractivity contribution in [2.24, 2.45) is 5.41 Å². The molecule has 3 aliphatic rings. The second-order valence-electron chi connectivity index (χ2n) is 6.93. The summed E-state index contributed by atoms with van der Waals surface area (Å²) >= 11 is 0. The molecular weight excluding hydrogens is 250 g/mol. The van der Waals surface area contributed by atoms with Gasteiger partial charge in [0.1, 0.15) is 0 Å². The van der Waals surface area contributed by atoms with Crippen LogP contribution in [-0.4, -0.2) is 34.1 Å². The van der Waals surface area contributed by atoms with Gasteiger partial charge >= 0.3 is 0 Å². The van der Waals surface area contributed by atoms with Crippen molar-refractivity contribution in [3.63, 3.8) is 0 Å². The van der Waals surface area contributed by atoms with E-state index < -0.39 is 0 Å². The molecule has 1 aromatic rings. The molecule has 1 saturated carbocycles. The van der Waals surface area contributed by atoms with Crippen LogP contribution in [0.3, 0.4) is 0 Å². The maximum absolute atomic E-state index is 12.8. The Balaban J connectivity index is 1.46. The third kappa shape index (κ3) is 1.88. The van der Waals surface area contributed by atoms with Crippen molar-refractivity contribution in [3.05, 3.63) is 17.5 Å². The lowest BCUT2D eigenvalue weighted by molar-refractivity contribution is -0.136. The lowest BCUT2D eigenvalue weighted by Crippen LogP contribution is -2.47. The lowest BCUT2D eigenvalue weighted by Gasteiger charge is -2.48. The minimum absolute atomic E-state index is 0.0629. The molecule has 1 aliphatic heterocycles. The molecule has 4 nitrogen and oxygen atoms in total. The van der Waals surface area contributed by atoms with Crippen LogP contribution >= 0.6 is 0 Å². The lowest BCUT2D eigenvalue weighted by atomic mass is 9.63. The molecule has 2 heterocycles. The Morgan fingerprint density at radius 3 is 2.75 bits per heavy atom. The summed E-state index contributed by atoms with van der Waals surface area (Å²) in [6, 6.07) is 0. The number of fused-ring (bicyclic) bond motifs is 1. The zero-order chi connectivity index (χ0) is 13.6. The second-order valence-corrected chi connectivity index (χ2v) is 6.93. The van der Waals surface area contributed by atoms with Gasteiger partial charge in [0.2, 0.25) is 5.91 Å². The fraction of sp³-hybridized carbons (Fsp3) is 0.750. The standard InChI is InChI=1S/C16H23N3O/c20-15(12-3-1-4-14-13(12)11-17-18-14)19-9-7-16(8-10-19)5-2-6-16/h11-12H,1-10H2,(H,17,18). The van der Waals surface area contributed by atoms with Gasteiger partial charge in [-0.1, -0.05) is 6.42 Å². The van der Waals surface area contributed by atoms with Crippen molar-refractivity contribution in [2.45, 2.75) is 57.3 Å². The third-order valence-electron chi connectivity index (χ3n) is 5.89. The van der Waals surface area contributed by atoms with Crippen LogP contribution in [0.25, 0.3) is 0 Å². The van der Waals surface area contributed by atoms with Gasteiger partial charge in [-0.2, -0.15) is 5.10 Å². The monoisotopic (exact) mass is 273 g/mol. The van der Waals surface area contributed by atoms with Crippen LogP contribution in [0.4, 0.5) is 0 Å². The zero-order valence-corrected chi connectivity index (χ0v) is 12.0. The normalized spacial score (nSPS) is 28.0. The van der Waals surface area contributed by atoms with Crippen molar-refractivity contribution < 1.29 is 4.79 Å². The molecule has 20 heavy (non-hydrogen) atoms. The topological polar surface area (TPSA) is 49.0 Å². The third-order valence-corrected chi connectivity index (χ3v) is 5.89. The molecule has 1 aromatic heterocycles. The summed E-state index contributed by atoms with van der Waals surface area (Å²) in [7, 11) is 0. The van der Waals surface area contributed by atoms with Crippen molar-refractivity contribution in [1.82, 2.24) is 15.1 Å². The smallest absolute Gasteiger partial charge is 0.230 e. The summed E-state index contributed by atoms with van der Waals surface area (Å²) in [5.74, 6) is 0.412. The maximum Gasteiger partial charge on any atom is 0.230 e. The molecule has 1 amide bonds. The van der Waals surface area contributed by atoms with E-state index in [-0.39, 0.29) is 5.92 Å². The summed E-state index contributed by atoms with van der Waals surface area (Å²) in [5, 5.41) is 7.19. The molecule has 0 aromatic carbocycles. The van der Waals surface area contributed by atoms with Crippen LogP contribution in [-0.2, 0) is 11.2 Å². The molecular formula is C16H23N3O. The number of H-pyrrole nitrogens is 1. The number of hydrogen-bond donors (Lipinski definition) is 1. The summed E-state index contributed by atoms with van der Waals surface area (Å²) < 4.78 is 0. The van der Waals surface area contributed by atoms with Crippen molar-refractivity contribution >= 4 is 5.91 Å². The number of carbonyl (C=O) groups excluding carboxylic acids is 1. The van der Waals surface area contributed by atoms with Crippen LogP contribution in [0.1, 0.15) is 62.1 Å². The molecule has 4 heteroatoms. The van der Waals surface area contributed by atoms with Gasteiger partial charge in [0, 0.05) is 24.3 Å². The molecule has 1 spiro atoms. The van der Waals surface area contributed by atoms with Crippen LogP contribution in [0.15, 0.2) is 6.20 Å². The first-order chi connectivity index (χ1) is 9.77. The van der Waals surface area contributed by atoms with E-state index in [4.69, 9.17) is 0 Å². The molecule has 1 saturated heterocycles. The maximum atomic E-state index is 12.8. The summed E-state index contributed by atoms with van der Waals surface area (Å²) in [6.45, 7) is 1.95. The SMILES string of the molecule is O=C(C1CCCc2[nH]ncc21)N1CCC2(CCC2)CC1. The van der Waals surface area contributed by atoms with Gasteiger partial charge in [0.15, 0.2) is 0 Å². The molecule has 1 atom stereocenters. The number of nitrogens with zero attached hydrogens (tertiary/aromatic N) is 2. The van der Waals surface area contributed by atoms with Gasteiger partial charge in [-0.05, 0) is 50.4 Å². The average molecular weight is 273 g/mol. The van der Waals surface area contributed by atoms with Crippen LogP contribution in [0, 0.1) is 5.41 Å². The molecule has 108 valence electrons. The van der Waals surface area contributed by atoms with Crippen LogP contribution in [0.2, 0.25) is 0 Å². The first-order valence-electron chi connectivity index (χ1n) is 8.08. The van der Waals surface area contributed by atoms with E-state index in [1.807, 2.05) is 6.20 Å². The largest absolute Gasteiger partial charge is 0.342 e. The van der Waals surface area contributed by atoms with E-state index in [2.05, 4.69) is 15.1 Å². The van der Waals surface area contributed by atoms with E-state index in [0.717, 1.165) is 37.9 Å². The number of aromatic amines is 1. The number of amides is 1. The number of piperidine rings is 1. The molecule has 2 aliphatic carbocycles. The van der Waals surface area contributed by atoms with E-state index >= 15 is 0 Å². The summed E-state index contributed by atoms with van der Waals surface area (Å²) in [6.07, 6.45) is 11.6. The first kappa shape index (κ1) is 12.4. The highest BCUT2D eigenvalue weighted by atomic mass is 16.2. The Hall–Kier alpha value is -1.32. The summed E-state index contributed by atoms with van der Waals surface area (Å²) in [4.78, 5) is 14.9. The van der Waals surface area contributed by atoms with Crippen molar-refractivity contribution in [2.75, 3.05) is 13.1 Å². The Morgan fingerprint density at radius 1 is 1.25 bits per heavy atom. The highest BCUT2D eigenvalue weighted by molar-refractivity contribution is 5.84. The van der Waals surface area contributed by atoms with Crippen LogP contribution in [0.5, 0.6) is 0 Å². The van der Waals surface area contributed by atoms with E-state index in [0.29, 0.717) is 11.3 Å². The minimum Gasteiger partial charge on any atom is -0.342 e. The second kappa shape index (κ2) is 4.61. The molecule has 0 radical (unpaired) electrons. The van der Waals surface area contributed by atoms with Crippen LogP contribution < -0.4 is 0 Å². The number of aromatic nitrogens is 2. The number of rotatable bonds is 1. The van der Waals surface area contributed by atoms with Crippen molar-refractivity contribution in [3.8, 4) is 0 Å². The van der Waals surface area contributed by atoms with Gasteiger partial charge in [-0.25, -0.2) is 0 Å². The Morgan fingerprint density at radius 2 is 2.05 bits per heavy atom. The van der Waals surface area contributed by atoms with Gasteiger partial charge in [0.25, 0.3) is 0 Å². The number of aryl methyl sites for hydroxylation is 1.